The van der Waals surface area contributed by atoms with E-state index in [4.69, 9.17) is 9.84 Å². The average Bonchev–Trinajstić information content (AvgIpc) is 3.79. The van der Waals surface area contributed by atoms with E-state index >= 15 is 0 Å². The number of nitrogens with one attached hydrogen (secondary N) is 1. The van der Waals surface area contributed by atoms with Gasteiger partial charge in [0.15, 0.2) is 0 Å². The van der Waals surface area contributed by atoms with Crippen molar-refractivity contribution in [3.05, 3.63) is 82.5 Å². The Morgan fingerprint density at radius 3 is 2.62 bits per heavy atom. The van der Waals surface area contributed by atoms with Crippen LogP contribution in [0.5, 0.6) is 5.75 Å². The lowest BCUT2D eigenvalue weighted by Gasteiger charge is -2.20. The fraction of sp³-hybridized carbons (Fsp3) is 0.393. The molecule has 0 saturated heterocycles. The lowest BCUT2D eigenvalue weighted by atomic mass is 9.99. The third kappa shape index (κ3) is 6.10. The summed E-state index contributed by atoms with van der Waals surface area (Å²) in [6.07, 6.45) is 6.52. The Kier molecular flexibility index (Phi) is 6.86. The van der Waals surface area contributed by atoms with Crippen LogP contribution in [0.3, 0.4) is 0 Å². The van der Waals surface area contributed by atoms with E-state index in [0.717, 1.165) is 36.8 Å². The van der Waals surface area contributed by atoms with E-state index < -0.39 is 6.09 Å². The van der Waals surface area contributed by atoms with Crippen LogP contribution in [-0.2, 0) is 13.6 Å². The smallest absolute Gasteiger partial charge is 0.434 e. The van der Waals surface area contributed by atoms with Crippen LogP contribution < -0.4 is 15.7 Å². The van der Waals surface area contributed by atoms with Crippen molar-refractivity contribution in [2.75, 3.05) is 6.61 Å². The van der Waals surface area contributed by atoms with Gasteiger partial charge in [-0.3, -0.25) is 4.79 Å². The number of rotatable bonds is 9. The Labute approximate surface area is 214 Å². The second-order valence-corrected chi connectivity index (χ2v) is 10.1. The van der Waals surface area contributed by atoms with Crippen molar-refractivity contribution in [1.82, 2.24) is 14.5 Å². The predicted molar refractivity (Wildman–Crippen MR) is 135 cm³/mol. The van der Waals surface area contributed by atoms with Crippen molar-refractivity contribution >= 4 is 12.0 Å². The van der Waals surface area contributed by atoms with Gasteiger partial charge in [-0.15, -0.1) is 4.99 Å². The maximum atomic E-state index is 13.9. The van der Waals surface area contributed by atoms with Gasteiger partial charge in [0.1, 0.15) is 11.6 Å². The van der Waals surface area contributed by atoms with Crippen molar-refractivity contribution < 1.29 is 23.8 Å². The quantitative estimate of drug-likeness (QED) is 0.444. The first-order chi connectivity index (χ1) is 17.8. The molecule has 1 aromatic heterocycles. The molecule has 2 N–H and O–H groups in total. The van der Waals surface area contributed by atoms with Crippen molar-refractivity contribution in [1.29, 1.82) is 0 Å². The third-order valence-electron chi connectivity index (χ3n) is 6.92. The number of carbonyl (C=O) groups is 2. The summed E-state index contributed by atoms with van der Waals surface area (Å²) in [6.45, 7) is 2.64. The maximum Gasteiger partial charge on any atom is 0.434 e. The van der Waals surface area contributed by atoms with Crippen LogP contribution in [0.2, 0.25) is 0 Å². The van der Waals surface area contributed by atoms with Crippen LogP contribution in [-0.4, -0.2) is 32.8 Å². The molecule has 2 aliphatic carbocycles. The molecule has 5 rings (SSSR count). The van der Waals surface area contributed by atoms with Gasteiger partial charge in [0.2, 0.25) is 5.62 Å². The lowest BCUT2D eigenvalue weighted by molar-refractivity contribution is 0.0931. The molecule has 2 fully saturated rings. The zero-order valence-corrected chi connectivity index (χ0v) is 21.0. The van der Waals surface area contributed by atoms with Crippen molar-refractivity contribution in [2.24, 2.45) is 23.9 Å². The van der Waals surface area contributed by atoms with E-state index in [1.807, 2.05) is 6.07 Å². The Morgan fingerprint density at radius 2 is 1.95 bits per heavy atom. The highest BCUT2D eigenvalue weighted by molar-refractivity contribution is 5.95. The van der Waals surface area contributed by atoms with Gasteiger partial charge in [0.25, 0.3) is 5.91 Å². The number of amides is 2. The summed E-state index contributed by atoms with van der Waals surface area (Å²) in [4.78, 5) is 28.4. The number of benzene rings is 2. The van der Waals surface area contributed by atoms with Crippen LogP contribution in [0.4, 0.5) is 9.18 Å². The van der Waals surface area contributed by atoms with Crippen molar-refractivity contribution in [3.8, 4) is 5.75 Å². The summed E-state index contributed by atoms with van der Waals surface area (Å²) < 4.78 is 23.2. The molecule has 1 atom stereocenters. The van der Waals surface area contributed by atoms with E-state index in [-0.39, 0.29) is 23.4 Å². The van der Waals surface area contributed by atoms with Crippen LogP contribution in [0.15, 0.2) is 53.8 Å². The Balaban J connectivity index is 1.43. The fourth-order valence-electron chi connectivity index (χ4n) is 4.52. The molecule has 194 valence electrons. The van der Waals surface area contributed by atoms with Gasteiger partial charge in [-0.05, 0) is 85.4 Å². The number of halogens is 1. The first-order valence-corrected chi connectivity index (χ1v) is 12.6. The number of ether oxygens (including phenoxy) is 1. The zero-order valence-electron chi connectivity index (χ0n) is 21.0. The van der Waals surface area contributed by atoms with Crippen LogP contribution >= 0.6 is 0 Å². The standard InChI is InChI=1S/C28H31FN4O4/c1-17-11-21(7-8-24(17)29)25(20-5-6-20)30-26(34)22-12-19(13-23(14-22)37-16-18-3-4-18)15-33-10-9-32(2)27(33)31-28(35)36/h7-14,18,20,25H,3-6,15-16H2,1-2H3,(H,30,34)(H,35,36)/b31-27+. The molecule has 37 heavy (non-hydrogen) atoms. The highest BCUT2D eigenvalue weighted by Gasteiger charge is 2.34. The number of hydrogen-bond acceptors (Lipinski definition) is 3. The molecule has 0 radical (unpaired) electrons. The minimum absolute atomic E-state index is 0.198. The normalized spacial score (nSPS) is 16.5. The first kappa shape index (κ1) is 24.8. The Bertz CT molecular complexity index is 1400. The second-order valence-electron chi connectivity index (χ2n) is 10.1. The molecule has 2 aliphatic rings. The maximum absolute atomic E-state index is 13.9. The van der Waals surface area contributed by atoms with Gasteiger partial charge >= 0.3 is 6.09 Å². The summed E-state index contributed by atoms with van der Waals surface area (Å²) in [5.41, 5.74) is 2.98. The molecule has 9 heteroatoms. The summed E-state index contributed by atoms with van der Waals surface area (Å²) in [5.74, 6) is 0.977. The zero-order chi connectivity index (χ0) is 26.1. The molecule has 8 nitrogen and oxygen atoms in total. The Morgan fingerprint density at radius 1 is 1.16 bits per heavy atom. The molecular formula is C28H31FN4O4. The molecule has 0 aliphatic heterocycles. The van der Waals surface area contributed by atoms with Gasteiger partial charge in [-0.25, -0.2) is 9.18 Å². The van der Waals surface area contributed by atoms with Crippen molar-refractivity contribution in [3.63, 3.8) is 0 Å². The van der Waals surface area contributed by atoms with E-state index in [1.165, 1.54) is 6.07 Å². The molecule has 2 aromatic carbocycles. The van der Waals surface area contributed by atoms with E-state index in [2.05, 4.69) is 10.3 Å². The van der Waals surface area contributed by atoms with E-state index in [1.54, 1.807) is 59.8 Å². The minimum Gasteiger partial charge on any atom is -0.493 e. The summed E-state index contributed by atoms with van der Waals surface area (Å²) in [7, 11) is 1.72. The van der Waals surface area contributed by atoms with Gasteiger partial charge in [-0.2, -0.15) is 0 Å². The van der Waals surface area contributed by atoms with Crippen LogP contribution in [0.25, 0.3) is 0 Å². The number of aryl methyl sites for hydroxylation is 2. The summed E-state index contributed by atoms with van der Waals surface area (Å²) in [6, 6.07) is 10.2. The van der Waals surface area contributed by atoms with Crippen LogP contribution in [0, 0.1) is 24.6 Å². The molecule has 2 amide bonds. The van der Waals surface area contributed by atoms with Crippen molar-refractivity contribution in [2.45, 2.75) is 45.2 Å². The fourth-order valence-corrected chi connectivity index (χ4v) is 4.52. The number of hydrogen-bond donors (Lipinski definition) is 2. The monoisotopic (exact) mass is 506 g/mol. The molecule has 1 heterocycles. The SMILES string of the molecule is Cc1cc(C(NC(=O)c2cc(Cn3ccn(C)/c3=N\C(=O)O)cc(OCC3CC3)c2)C2CC2)ccc1F. The molecule has 2 saturated carbocycles. The van der Waals surface area contributed by atoms with Gasteiger partial charge < -0.3 is 24.3 Å². The molecule has 0 bridgehead atoms. The lowest BCUT2D eigenvalue weighted by Crippen LogP contribution is -2.30. The summed E-state index contributed by atoms with van der Waals surface area (Å²) >= 11 is 0. The van der Waals surface area contributed by atoms with Gasteiger partial charge in [0.05, 0.1) is 19.2 Å². The number of nitrogens with zero attached hydrogens (tertiary/aromatic N) is 3. The largest absolute Gasteiger partial charge is 0.493 e. The highest BCUT2D eigenvalue weighted by Crippen LogP contribution is 2.41. The molecule has 0 spiro atoms. The molecule has 3 aromatic rings. The average molecular weight is 507 g/mol. The molecular weight excluding hydrogens is 475 g/mol. The highest BCUT2D eigenvalue weighted by atomic mass is 19.1. The number of aromatic nitrogens is 2. The third-order valence-corrected chi connectivity index (χ3v) is 6.92. The minimum atomic E-state index is -1.28. The second kappa shape index (κ2) is 10.2. The van der Waals surface area contributed by atoms with Gasteiger partial charge in [-0.1, -0.05) is 12.1 Å². The predicted octanol–water partition coefficient (Wildman–Crippen LogP) is 4.57. The van der Waals surface area contributed by atoms with E-state index in [9.17, 15) is 14.0 Å². The Hall–Kier alpha value is -3.88. The topological polar surface area (TPSA) is 97.9 Å². The first-order valence-electron chi connectivity index (χ1n) is 12.6. The van der Waals surface area contributed by atoms with E-state index in [0.29, 0.717) is 41.9 Å². The van der Waals surface area contributed by atoms with Gasteiger partial charge in [0, 0.05) is 25.0 Å². The number of imidazole rings is 1. The summed E-state index contributed by atoms with van der Waals surface area (Å²) in [5, 5.41) is 12.3. The number of carboxylic acid groups (broad SMARTS) is 1. The number of carbonyl (C=O) groups excluding carboxylic acids is 1. The molecule has 1 unspecified atom stereocenters. The van der Waals surface area contributed by atoms with Crippen LogP contribution in [0.1, 0.15) is 58.8 Å².